The first-order chi connectivity index (χ1) is 6.75. The van der Waals surface area contributed by atoms with Crippen molar-refractivity contribution in [2.75, 3.05) is 0 Å². The molecule has 0 bridgehead atoms. The summed E-state index contributed by atoms with van der Waals surface area (Å²) in [5, 5.41) is 1.05. The fraction of sp³-hybridized carbons (Fsp3) is 0.100. The Morgan fingerprint density at radius 3 is 3.07 bits per heavy atom. The molecule has 2 aromatic rings. The van der Waals surface area contributed by atoms with Crippen molar-refractivity contribution in [2.45, 2.75) is 6.92 Å². The van der Waals surface area contributed by atoms with Crippen molar-refractivity contribution in [3.63, 3.8) is 0 Å². The zero-order valence-corrected chi connectivity index (χ0v) is 7.70. The number of H-pyrrole nitrogens is 1. The summed E-state index contributed by atoms with van der Waals surface area (Å²) in [6.45, 7) is 1.40. The van der Waals surface area contributed by atoms with E-state index in [4.69, 9.17) is 4.84 Å². The summed E-state index contributed by atoms with van der Waals surface area (Å²) in [6.07, 6.45) is 1.85. The molecule has 4 nitrogen and oxygen atoms in total. The molecule has 0 saturated heterocycles. The summed E-state index contributed by atoms with van der Waals surface area (Å²) in [7, 11) is 0. The van der Waals surface area contributed by atoms with Crippen LogP contribution in [0.25, 0.3) is 10.9 Å². The molecule has 1 amide bonds. The number of aromatic amines is 1. The average molecular weight is 190 g/mol. The smallest absolute Gasteiger partial charge is 0.249 e. The molecule has 0 aliphatic carbocycles. The Hall–Kier alpha value is -1.97. The van der Waals surface area contributed by atoms with Crippen LogP contribution in [0.1, 0.15) is 6.92 Å². The molecule has 1 heterocycles. The number of rotatable bonds is 2. The first kappa shape index (κ1) is 8.62. The quantitative estimate of drug-likeness (QED) is 0.706. The van der Waals surface area contributed by atoms with Gasteiger partial charge in [-0.25, -0.2) is 0 Å². The van der Waals surface area contributed by atoms with Crippen LogP contribution in [0.15, 0.2) is 30.5 Å². The van der Waals surface area contributed by atoms with E-state index in [0.29, 0.717) is 5.75 Å². The molecule has 1 aromatic heterocycles. The van der Waals surface area contributed by atoms with E-state index >= 15 is 0 Å². The van der Waals surface area contributed by atoms with E-state index in [1.165, 1.54) is 6.92 Å². The van der Waals surface area contributed by atoms with Crippen LogP contribution in [0.5, 0.6) is 5.75 Å². The van der Waals surface area contributed by atoms with E-state index < -0.39 is 0 Å². The number of hydrogen-bond donors (Lipinski definition) is 2. The van der Waals surface area contributed by atoms with Gasteiger partial charge in [0.1, 0.15) is 0 Å². The molecule has 14 heavy (non-hydrogen) atoms. The van der Waals surface area contributed by atoms with Gasteiger partial charge in [-0.15, -0.1) is 0 Å². The van der Waals surface area contributed by atoms with Crippen LogP contribution >= 0.6 is 0 Å². The van der Waals surface area contributed by atoms with E-state index in [-0.39, 0.29) is 5.91 Å². The summed E-state index contributed by atoms with van der Waals surface area (Å²) < 4.78 is 0. The van der Waals surface area contributed by atoms with Gasteiger partial charge in [0.05, 0.1) is 0 Å². The molecular weight excluding hydrogens is 180 g/mol. The number of benzene rings is 1. The molecular formula is C10H10N2O2. The lowest BCUT2D eigenvalue weighted by atomic mass is 10.2. The van der Waals surface area contributed by atoms with Gasteiger partial charge in [0.15, 0.2) is 5.75 Å². The number of amides is 1. The van der Waals surface area contributed by atoms with E-state index in [9.17, 15) is 4.79 Å². The zero-order chi connectivity index (χ0) is 9.97. The minimum atomic E-state index is -0.223. The van der Waals surface area contributed by atoms with Crippen molar-refractivity contribution < 1.29 is 9.63 Å². The van der Waals surface area contributed by atoms with Crippen molar-refractivity contribution in [1.29, 1.82) is 0 Å². The number of nitrogens with one attached hydrogen (secondary N) is 2. The van der Waals surface area contributed by atoms with Crippen LogP contribution in [0.3, 0.4) is 0 Å². The summed E-state index contributed by atoms with van der Waals surface area (Å²) in [4.78, 5) is 18.7. The Bertz CT molecular complexity index is 462. The van der Waals surface area contributed by atoms with Crippen molar-refractivity contribution in [3.8, 4) is 5.75 Å². The Kier molecular flexibility index (Phi) is 2.10. The Balaban J connectivity index is 2.21. The number of hydroxylamine groups is 1. The predicted molar refractivity (Wildman–Crippen MR) is 52.7 cm³/mol. The van der Waals surface area contributed by atoms with E-state index in [2.05, 4.69) is 10.5 Å². The Morgan fingerprint density at radius 1 is 1.43 bits per heavy atom. The molecule has 0 unspecified atom stereocenters. The second-order valence-electron chi connectivity index (χ2n) is 2.99. The van der Waals surface area contributed by atoms with Crippen LogP contribution < -0.4 is 10.3 Å². The lowest BCUT2D eigenvalue weighted by Gasteiger charge is -2.03. The highest BCUT2D eigenvalue weighted by molar-refractivity contribution is 5.80. The van der Waals surface area contributed by atoms with Crippen LogP contribution in [0, 0.1) is 0 Å². The maximum Gasteiger partial charge on any atom is 0.249 e. The van der Waals surface area contributed by atoms with Crippen molar-refractivity contribution in [1.82, 2.24) is 10.5 Å². The number of fused-ring (bicyclic) bond motifs is 1. The second kappa shape index (κ2) is 3.41. The molecule has 72 valence electrons. The van der Waals surface area contributed by atoms with Gasteiger partial charge in [-0.2, -0.15) is 5.48 Å². The summed E-state index contributed by atoms with van der Waals surface area (Å²) in [5.41, 5.74) is 3.31. The SMILES string of the molecule is CC(=O)NOc1ccc2[nH]ccc2c1. The third-order valence-electron chi connectivity index (χ3n) is 1.84. The molecule has 4 heteroatoms. The molecule has 0 spiro atoms. The number of carbonyl (C=O) groups excluding carboxylic acids is 1. The Labute approximate surface area is 80.8 Å². The minimum Gasteiger partial charge on any atom is -0.380 e. The number of carbonyl (C=O) groups is 1. The van der Waals surface area contributed by atoms with Gasteiger partial charge in [0.2, 0.25) is 5.91 Å². The molecule has 1 aromatic carbocycles. The highest BCUT2D eigenvalue weighted by atomic mass is 16.7. The molecule has 2 rings (SSSR count). The lowest BCUT2D eigenvalue weighted by molar-refractivity contribution is -0.125. The lowest BCUT2D eigenvalue weighted by Crippen LogP contribution is -2.23. The van der Waals surface area contributed by atoms with Crippen molar-refractivity contribution in [2.24, 2.45) is 0 Å². The second-order valence-corrected chi connectivity index (χ2v) is 2.99. The van der Waals surface area contributed by atoms with Gasteiger partial charge in [-0.3, -0.25) is 4.79 Å². The Morgan fingerprint density at radius 2 is 2.29 bits per heavy atom. The molecule has 0 atom stereocenters. The van der Waals surface area contributed by atoms with E-state index in [0.717, 1.165) is 10.9 Å². The van der Waals surface area contributed by atoms with Crippen molar-refractivity contribution in [3.05, 3.63) is 30.5 Å². The zero-order valence-electron chi connectivity index (χ0n) is 7.70. The minimum absolute atomic E-state index is 0.223. The fourth-order valence-corrected chi connectivity index (χ4v) is 1.23. The third kappa shape index (κ3) is 1.69. The summed E-state index contributed by atoms with van der Waals surface area (Å²) in [5.74, 6) is 0.395. The maximum atomic E-state index is 10.6. The van der Waals surface area contributed by atoms with Gasteiger partial charge in [-0.1, -0.05) is 0 Å². The molecule has 0 fully saturated rings. The van der Waals surface area contributed by atoms with E-state index in [1.807, 2.05) is 24.4 Å². The number of aromatic nitrogens is 1. The first-order valence-corrected chi connectivity index (χ1v) is 4.26. The van der Waals surface area contributed by atoms with Gasteiger partial charge >= 0.3 is 0 Å². The molecule has 0 aliphatic heterocycles. The van der Waals surface area contributed by atoms with Crippen molar-refractivity contribution >= 4 is 16.8 Å². The monoisotopic (exact) mass is 190 g/mol. The van der Waals surface area contributed by atoms with Crippen LogP contribution in [-0.4, -0.2) is 10.9 Å². The highest BCUT2D eigenvalue weighted by Crippen LogP contribution is 2.18. The topological polar surface area (TPSA) is 54.1 Å². The number of hydrogen-bond acceptors (Lipinski definition) is 2. The predicted octanol–water partition coefficient (Wildman–Crippen LogP) is 1.60. The normalized spacial score (nSPS) is 10.1. The summed E-state index contributed by atoms with van der Waals surface area (Å²) in [6, 6.07) is 7.47. The maximum absolute atomic E-state index is 10.6. The van der Waals surface area contributed by atoms with Gasteiger partial charge in [0, 0.05) is 24.0 Å². The molecule has 2 N–H and O–H groups in total. The largest absolute Gasteiger partial charge is 0.380 e. The van der Waals surface area contributed by atoms with Crippen LogP contribution in [0.4, 0.5) is 0 Å². The molecule has 0 saturated carbocycles. The first-order valence-electron chi connectivity index (χ1n) is 4.26. The van der Waals surface area contributed by atoms with Gasteiger partial charge in [-0.05, 0) is 24.3 Å². The highest BCUT2D eigenvalue weighted by Gasteiger charge is 1.98. The standard InChI is InChI=1S/C10H10N2O2/c1-7(13)12-14-9-2-3-10-8(6-9)4-5-11-10/h2-6,11H,1H3,(H,12,13). The van der Waals surface area contributed by atoms with Crippen LogP contribution in [-0.2, 0) is 4.79 Å². The van der Waals surface area contributed by atoms with Crippen LogP contribution in [0.2, 0.25) is 0 Å². The fourth-order valence-electron chi connectivity index (χ4n) is 1.23. The third-order valence-corrected chi connectivity index (χ3v) is 1.84. The molecule has 0 radical (unpaired) electrons. The van der Waals surface area contributed by atoms with E-state index in [1.54, 1.807) is 6.07 Å². The van der Waals surface area contributed by atoms with Gasteiger partial charge in [0.25, 0.3) is 0 Å². The molecule has 0 aliphatic rings. The summed E-state index contributed by atoms with van der Waals surface area (Å²) >= 11 is 0. The van der Waals surface area contributed by atoms with Gasteiger partial charge < -0.3 is 9.82 Å². The average Bonchev–Trinajstić information content (AvgIpc) is 2.61.